The van der Waals surface area contributed by atoms with Gasteiger partial charge in [-0.3, -0.25) is 9.52 Å². The van der Waals surface area contributed by atoms with Gasteiger partial charge in [0.25, 0.3) is 5.91 Å². The highest BCUT2D eigenvalue weighted by Crippen LogP contribution is 2.34. The van der Waals surface area contributed by atoms with Crippen LogP contribution < -0.4 is 24.8 Å². The van der Waals surface area contributed by atoms with Crippen LogP contribution in [0, 0.1) is 5.92 Å². The van der Waals surface area contributed by atoms with Crippen LogP contribution in [0.15, 0.2) is 103 Å². The summed E-state index contributed by atoms with van der Waals surface area (Å²) in [7, 11) is -3.61. The van der Waals surface area contributed by atoms with Gasteiger partial charge in [-0.05, 0) is 84.9 Å². The highest BCUT2D eigenvalue weighted by molar-refractivity contribution is 7.92. The van der Waals surface area contributed by atoms with Gasteiger partial charge in [-0.1, -0.05) is 86.6 Å². The van der Waals surface area contributed by atoms with Crippen molar-refractivity contribution >= 4 is 27.6 Å². The lowest BCUT2D eigenvalue weighted by molar-refractivity contribution is -0.140. The average molecular weight is 758 g/mol. The van der Waals surface area contributed by atoms with E-state index >= 15 is 0 Å². The Morgan fingerprint density at radius 1 is 0.833 bits per heavy atom. The maximum Gasteiger partial charge on any atom is 0.326 e. The molecule has 54 heavy (non-hydrogen) atoms. The van der Waals surface area contributed by atoms with Crippen molar-refractivity contribution in [3.8, 4) is 11.5 Å². The Hall–Kier alpha value is -4.91. The summed E-state index contributed by atoms with van der Waals surface area (Å²) in [5, 5.41) is 27.3. The third kappa shape index (κ3) is 12.1. The number of aliphatic hydroxyl groups is 1. The highest BCUT2D eigenvalue weighted by atomic mass is 32.2. The Morgan fingerprint density at radius 3 is 2.06 bits per heavy atom. The van der Waals surface area contributed by atoms with Crippen LogP contribution in [-0.4, -0.2) is 67.6 Å². The average Bonchev–Trinajstić information content (AvgIpc) is 3.15. The molecule has 3 atom stereocenters. The standard InChI is InChI=1S/C42H51N3O8S/c1-28(2)40(42(48)49)44-41(47)33-16-14-31(15-17-33)32-18-20-34(21-19-32)43-36(24-29-10-6-4-7-11-29)38(46)27-52-35-22-23-39(37(25-35)45-54(3,50)51)53-26-30-12-8-5-9-13-30/h4-17,22-23,25,28,32,34,36,38,40,43,45-46H,18-21,24,26-27H2,1-3H3,(H,44,47)(H,48,49)/t32?,34?,36?,38-,40+/m1/s1. The van der Waals surface area contributed by atoms with Gasteiger partial charge in [0.15, 0.2) is 0 Å². The molecule has 0 spiro atoms. The second-order valence-corrected chi connectivity index (χ2v) is 16.1. The Morgan fingerprint density at radius 2 is 1.46 bits per heavy atom. The molecule has 1 unspecified atom stereocenters. The smallest absolute Gasteiger partial charge is 0.326 e. The number of anilines is 1. The van der Waals surface area contributed by atoms with E-state index in [0.717, 1.165) is 48.6 Å². The van der Waals surface area contributed by atoms with E-state index in [0.29, 0.717) is 29.4 Å². The van der Waals surface area contributed by atoms with Crippen LogP contribution in [-0.2, 0) is 27.8 Å². The Balaban J connectivity index is 1.19. The molecule has 0 aromatic heterocycles. The minimum Gasteiger partial charge on any atom is -0.491 e. The summed E-state index contributed by atoms with van der Waals surface area (Å²) >= 11 is 0. The molecule has 1 aliphatic carbocycles. The lowest BCUT2D eigenvalue weighted by Crippen LogP contribution is -2.49. The minimum absolute atomic E-state index is 0.0211. The number of ether oxygens (including phenoxy) is 2. The summed E-state index contributed by atoms with van der Waals surface area (Å²) in [6, 6.07) is 30.8. The first kappa shape index (κ1) is 40.3. The van der Waals surface area contributed by atoms with E-state index in [-0.39, 0.29) is 36.9 Å². The fourth-order valence-electron chi connectivity index (χ4n) is 6.75. The molecule has 0 heterocycles. The molecule has 5 N–H and O–H groups in total. The molecule has 0 saturated heterocycles. The molecule has 0 radical (unpaired) electrons. The number of hydrogen-bond acceptors (Lipinski definition) is 8. The molecular weight excluding hydrogens is 707 g/mol. The topological polar surface area (TPSA) is 163 Å². The zero-order valence-corrected chi connectivity index (χ0v) is 31.8. The fourth-order valence-corrected chi connectivity index (χ4v) is 7.31. The maximum absolute atomic E-state index is 12.7. The number of aliphatic hydroxyl groups excluding tert-OH is 1. The van der Waals surface area contributed by atoms with Crippen LogP contribution in [0.5, 0.6) is 11.5 Å². The molecule has 1 fully saturated rings. The minimum atomic E-state index is -3.61. The van der Waals surface area contributed by atoms with Gasteiger partial charge in [0.2, 0.25) is 10.0 Å². The SMILES string of the molecule is CC(C)[C@H](NC(=O)c1ccc(C2CCC(NC(Cc3ccccc3)[C@H](O)COc3ccc(OCc4ccccc4)c(NS(C)(=O)=O)c3)CC2)cc1)C(=O)O. The molecule has 1 amide bonds. The number of carbonyl (C=O) groups excluding carboxylic acids is 1. The van der Waals surface area contributed by atoms with Gasteiger partial charge in [0, 0.05) is 23.7 Å². The van der Waals surface area contributed by atoms with E-state index in [4.69, 9.17) is 9.47 Å². The van der Waals surface area contributed by atoms with Crippen molar-refractivity contribution in [2.75, 3.05) is 17.6 Å². The molecule has 0 bridgehead atoms. The predicted molar refractivity (Wildman–Crippen MR) is 209 cm³/mol. The second-order valence-electron chi connectivity index (χ2n) is 14.4. The van der Waals surface area contributed by atoms with Gasteiger partial charge in [-0.2, -0.15) is 0 Å². The number of carboxylic acid groups (broad SMARTS) is 1. The Labute approximate surface area is 318 Å². The van der Waals surface area contributed by atoms with E-state index in [9.17, 15) is 28.2 Å². The summed E-state index contributed by atoms with van der Waals surface area (Å²) in [6.45, 7) is 3.75. The van der Waals surface area contributed by atoms with E-state index < -0.39 is 34.0 Å². The maximum atomic E-state index is 12.7. The van der Waals surface area contributed by atoms with Crippen molar-refractivity contribution in [3.05, 3.63) is 125 Å². The first-order chi connectivity index (χ1) is 25.8. The Bertz CT molecular complexity index is 1920. The second kappa shape index (κ2) is 18.9. The molecular formula is C42H51N3O8S. The van der Waals surface area contributed by atoms with Crippen LogP contribution in [0.2, 0.25) is 0 Å². The molecule has 1 aliphatic rings. The van der Waals surface area contributed by atoms with E-state index in [1.54, 1.807) is 44.2 Å². The predicted octanol–water partition coefficient (Wildman–Crippen LogP) is 6.14. The normalized spacial score (nSPS) is 17.6. The molecule has 11 nitrogen and oxygen atoms in total. The van der Waals surface area contributed by atoms with Crippen molar-refractivity contribution < 1.29 is 37.7 Å². The van der Waals surface area contributed by atoms with Crippen LogP contribution in [0.3, 0.4) is 0 Å². The van der Waals surface area contributed by atoms with Gasteiger partial charge in [0.1, 0.15) is 36.9 Å². The lowest BCUT2D eigenvalue weighted by Gasteiger charge is -2.34. The van der Waals surface area contributed by atoms with Crippen LogP contribution in [0.4, 0.5) is 5.69 Å². The van der Waals surface area contributed by atoms with Crippen molar-refractivity contribution in [3.63, 3.8) is 0 Å². The van der Waals surface area contributed by atoms with Gasteiger partial charge >= 0.3 is 5.97 Å². The van der Waals surface area contributed by atoms with Crippen molar-refractivity contribution in [2.45, 2.75) is 82.7 Å². The summed E-state index contributed by atoms with van der Waals surface area (Å²) in [5.74, 6) is -0.639. The van der Waals surface area contributed by atoms with Gasteiger partial charge in [0.05, 0.1) is 11.9 Å². The number of benzene rings is 4. The number of hydrogen-bond donors (Lipinski definition) is 5. The molecule has 288 valence electrons. The van der Waals surface area contributed by atoms with Crippen molar-refractivity contribution in [1.29, 1.82) is 0 Å². The number of rotatable bonds is 18. The monoisotopic (exact) mass is 757 g/mol. The molecule has 4 aromatic carbocycles. The molecule has 5 rings (SSSR count). The number of carbonyl (C=O) groups is 2. The Kier molecular flexibility index (Phi) is 14.1. The van der Waals surface area contributed by atoms with Crippen LogP contribution >= 0.6 is 0 Å². The molecule has 4 aromatic rings. The number of carboxylic acids is 1. The third-order valence-electron chi connectivity index (χ3n) is 9.71. The van der Waals surface area contributed by atoms with E-state index in [2.05, 4.69) is 15.4 Å². The first-order valence-corrected chi connectivity index (χ1v) is 20.3. The summed E-state index contributed by atoms with van der Waals surface area (Å²) < 4.78 is 38.9. The van der Waals surface area contributed by atoms with Gasteiger partial charge < -0.3 is 30.3 Å². The van der Waals surface area contributed by atoms with Crippen LogP contribution in [0.1, 0.15) is 72.5 Å². The van der Waals surface area contributed by atoms with Gasteiger partial charge in [-0.15, -0.1) is 0 Å². The summed E-state index contributed by atoms with van der Waals surface area (Å²) in [5.41, 5.74) is 3.82. The largest absolute Gasteiger partial charge is 0.491 e. The molecule has 0 aliphatic heterocycles. The number of nitrogens with one attached hydrogen (secondary N) is 3. The van der Waals surface area contributed by atoms with Crippen LogP contribution in [0.25, 0.3) is 0 Å². The summed E-state index contributed by atoms with van der Waals surface area (Å²) in [4.78, 5) is 24.2. The third-order valence-corrected chi connectivity index (χ3v) is 10.3. The van der Waals surface area contributed by atoms with E-state index in [1.165, 1.54) is 0 Å². The quantitative estimate of drug-likeness (QED) is 0.0802. The highest BCUT2D eigenvalue weighted by Gasteiger charge is 2.29. The molecule has 1 saturated carbocycles. The number of aliphatic carboxylic acids is 1. The summed E-state index contributed by atoms with van der Waals surface area (Å²) in [6.07, 6.45) is 4.42. The zero-order chi connectivity index (χ0) is 38.7. The van der Waals surface area contributed by atoms with Crippen molar-refractivity contribution in [1.82, 2.24) is 10.6 Å². The fraction of sp³-hybridized carbons (Fsp3) is 0.381. The lowest BCUT2D eigenvalue weighted by atomic mass is 9.81. The first-order valence-electron chi connectivity index (χ1n) is 18.4. The van der Waals surface area contributed by atoms with Gasteiger partial charge in [-0.25, -0.2) is 13.2 Å². The number of sulfonamides is 1. The zero-order valence-electron chi connectivity index (χ0n) is 31.0. The van der Waals surface area contributed by atoms with E-state index in [1.807, 2.05) is 72.8 Å². The number of amides is 1. The van der Waals surface area contributed by atoms with Crippen molar-refractivity contribution in [2.24, 2.45) is 5.92 Å². The molecule has 12 heteroatoms.